The van der Waals surface area contributed by atoms with Crippen LogP contribution >= 0.6 is 0 Å². The van der Waals surface area contributed by atoms with E-state index in [9.17, 15) is 4.39 Å². The molecule has 0 amide bonds. The zero-order chi connectivity index (χ0) is 8.55. The molecule has 0 aromatic heterocycles. The molecule has 0 saturated carbocycles. The molecule has 1 atom stereocenters. The summed E-state index contributed by atoms with van der Waals surface area (Å²) in [4.78, 5) is 0. The Bertz CT molecular complexity index is 296. The molecular formula is C10H11FO. The number of aryl methyl sites for hydroxylation is 1. The molecule has 1 N–H and O–H groups in total. The maximum absolute atomic E-state index is 12.9. The van der Waals surface area contributed by atoms with E-state index in [0.717, 1.165) is 17.5 Å². The summed E-state index contributed by atoms with van der Waals surface area (Å²) in [6, 6.07) is 5.18. The Morgan fingerprint density at radius 2 is 2.17 bits per heavy atom. The number of phenolic OH excluding ortho intramolecular Hbond substituents is 1. The van der Waals surface area contributed by atoms with Crippen molar-refractivity contribution in [2.24, 2.45) is 0 Å². The average molecular weight is 166 g/mol. The van der Waals surface area contributed by atoms with Crippen LogP contribution in [0.3, 0.4) is 0 Å². The van der Waals surface area contributed by atoms with E-state index in [4.69, 9.17) is 5.11 Å². The van der Waals surface area contributed by atoms with Gasteiger partial charge in [-0.2, -0.15) is 0 Å². The second kappa shape index (κ2) is 2.77. The van der Waals surface area contributed by atoms with E-state index in [2.05, 4.69) is 0 Å². The van der Waals surface area contributed by atoms with E-state index in [1.165, 1.54) is 0 Å². The molecule has 2 rings (SSSR count). The molecule has 1 unspecified atom stereocenters. The number of fused-ring (bicyclic) bond motifs is 1. The Labute approximate surface area is 70.8 Å². The molecule has 1 nitrogen and oxygen atoms in total. The predicted molar refractivity (Wildman–Crippen MR) is 45.0 cm³/mol. The van der Waals surface area contributed by atoms with E-state index in [1.54, 1.807) is 12.1 Å². The first kappa shape index (κ1) is 7.59. The first-order valence-corrected chi connectivity index (χ1v) is 4.20. The summed E-state index contributed by atoms with van der Waals surface area (Å²) in [5.74, 6) is 0.283. The summed E-state index contributed by atoms with van der Waals surface area (Å²) < 4.78 is 12.9. The maximum Gasteiger partial charge on any atom is 0.115 e. The van der Waals surface area contributed by atoms with Gasteiger partial charge in [-0.25, -0.2) is 4.39 Å². The smallest absolute Gasteiger partial charge is 0.115 e. The van der Waals surface area contributed by atoms with Crippen LogP contribution in [0, 0.1) is 0 Å². The molecule has 0 fully saturated rings. The standard InChI is InChI=1S/C10H11FO/c11-9-3-1-8-6-10(12)4-2-7(8)5-9/h2,4,6,9,12H,1,3,5H2. The highest BCUT2D eigenvalue weighted by molar-refractivity contribution is 5.36. The van der Waals surface area contributed by atoms with Crippen molar-refractivity contribution >= 4 is 0 Å². The van der Waals surface area contributed by atoms with Crippen LogP contribution in [0.2, 0.25) is 0 Å². The molecular weight excluding hydrogens is 155 g/mol. The number of phenols is 1. The Hall–Kier alpha value is -1.05. The van der Waals surface area contributed by atoms with Crippen molar-refractivity contribution in [2.75, 3.05) is 0 Å². The molecule has 1 aliphatic carbocycles. The number of hydrogen-bond acceptors (Lipinski definition) is 1. The molecule has 0 bridgehead atoms. The van der Waals surface area contributed by atoms with E-state index in [0.29, 0.717) is 12.8 Å². The number of hydrogen-bond donors (Lipinski definition) is 1. The number of alkyl halides is 1. The highest BCUT2D eigenvalue weighted by Crippen LogP contribution is 2.26. The highest BCUT2D eigenvalue weighted by Gasteiger charge is 2.17. The zero-order valence-corrected chi connectivity index (χ0v) is 6.76. The van der Waals surface area contributed by atoms with Gasteiger partial charge in [0, 0.05) is 6.42 Å². The molecule has 12 heavy (non-hydrogen) atoms. The van der Waals surface area contributed by atoms with Gasteiger partial charge in [0.05, 0.1) is 0 Å². The fraction of sp³-hybridized carbons (Fsp3) is 0.400. The fourth-order valence-corrected chi connectivity index (χ4v) is 1.70. The van der Waals surface area contributed by atoms with E-state index >= 15 is 0 Å². The monoisotopic (exact) mass is 166 g/mol. The first-order chi connectivity index (χ1) is 5.75. The van der Waals surface area contributed by atoms with Gasteiger partial charge >= 0.3 is 0 Å². The van der Waals surface area contributed by atoms with Gasteiger partial charge < -0.3 is 5.11 Å². The summed E-state index contributed by atoms with van der Waals surface area (Å²) in [6.45, 7) is 0. The Balaban J connectivity index is 2.37. The van der Waals surface area contributed by atoms with Crippen molar-refractivity contribution in [3.8, 4) is 5.75 Å². The zero-order valence-electron chi connectivity index (χ0n) is 6.76. The summed E-state index contributed by atoms with van der Waals surface area (Å²) in [7, 11) is 0. The average Bonchev–Trinajstić information content (AvgIpc) is 2.05. The third-order valence-corrected chi connectivity index (χ3v) is 2.36. The third kappa shape index (κ3) is 1.29. The molecule has 2 heteroatoms. The van der Waals surface area contributed by atoms with E-state index < -0.39 is 6.17 Å². The molecule has 1 aliphatic rings. The lowest BCUT2D eigenvalue weighted by atomic mass is 9.90. The molecule has 64 valence electrons. The van der Waals surface area contributed by atoms with Crippen LogP contribution in [-0.2, 0) is 12.8 Å². The number of halogens is 1. The lowest BCUT2D eigenvalue weighted by Gasteiger charge is -2.18. The van der Waals surface area contributed by atoms with Crippen molar-refractivity contribution in [3.63, 3.8) is 0 Å². The van der Waals surface area contributed by atoms with Gasteiger partial charge in [-0.15, -0.1) is 0 Å². The van der Waals surface area contributed by atoms with Crippen LogP contribution in [0.15, 0.2) is 18.2 Å². The number of benzene rings is 1. The topological polar surface area (TPSA) is 20.2 Å². The lowest BCUT2D eigenvalue weighted by molar-refractivity contribution is 0.301. The van der Waals surface area contributed by atoms with E-state index in [1.807, 2.05) is 6.07 Å². The molecule has 0 saturated heterocycles. The molecule has 0 spiro atoms. The minimum atomic E-state index is -0.693. The quantitative estimate of drug-likeness (QED) is 0.626. The molecule has 1 aromatic rings. The van der Waals surface area contributed by atoms with Crippen LogP contribution < -0.4 is 0 Å². The van der Waals surface area contributed by atoms with Crippen LogP contribution in [0.25, 0.3) is 0 Å². The van der Waals surface area contributed by atoms with Crippen molar-refractivity contribution < 1.29 is 9.50 Å². The summed E-state index contributed by atoms with van der Waals surface area (Å²) in [6.07, 6.45) is 1.17. The molecule has 0 aliphatic heterocycles. The van der Waals surface area contributed by atoms with Crippen molar-refractivity contribution in [1.29, 1.82) is 0 Å². The van der Waals surface area contributed by atoms with Crippen LogP contribution in [0.1, 0.15) is 17.5 Å². The molecule has 1 aromatic carbocycles. The second-order valence-corrected chi connectivity index (χ2v) is 3.29. The Morgan fingerprint density at radius 3 is 3.00 bits per heavy atom. The van der Waals surface area contributed by atoms with Crippen molar-refractivity contribution in [3.05, 3.63) is 29.3 Å². The SMILES string of the molecule is Oc1ccc2c(c1)CCC(F)C2. The van der Waals surface area contributed by atoms with Crippen molar-refractivity contribution in [1.82, 2.24) is 0 Å². The lowest BCUT2D eigenvalue weighted by Crippen LogP contribution is -2.14. The van der Waals surface area contributed by atoms with Gasteiger partial charge in [0.25, 0.3) is 0 Å². The predicted octanol–water partition coefficient (Wildman–Crippen LogP) is 2.22. The normalized spacial score (nSPS) is 21.9. The minimum absolute atomic E-state index is 0.283. The first-order valence-electron chi connectivity index (χ1n) is 4.20. The van der Waals surface area contributed by atoms with Gasteiger partial charge in [0.2, 0.25) is 0 Å². The second-order valence-electron chi connectivity index (χ2n) is 3.29. The van der Waals surface area contributed by atoms with Gasteiger partial charge in [-0.3, -0.25) is 0 Å². The largest absolute Gasteiger partial charge is 0.508 e. The number of rotatable bonds is 0. The number of aromatic hydroxyl groups is 1. The van der Waals surface area contributed by atoms with Crippen LogP contribution in [0.5, 0.6) is 5.75 Å². The minimum Gasteiger partial charge on any atom is -0.508 e. The maximum atomic E-state index is 12.9. The van der Waals surface area contributed by atoms with Gasteiger partial charge in [-0.1, -0.05) is 6.07 Å². The van der Waals surface area contributed by atoms with E-state index in [-0.39, 0.29) is 5.75 Å². The summed E-state index contributed by atoms with van der Waals surface area (Å²) >= 11 is 0. The summed E-state index contributed by atoms with van der Waals surface area (Å²) in [5.41, 5.74) is 2.15. The fourth-order valence-electron chi connectivity index (χ4n) is 1.70. The Kier molecular flexibility index (Phi) is 1.75. The van der Waals surface area contributed by atoms with Crippen LogP contribution in [0.4, 0.5) is 4.39 Å². The molecule has 0 radical (unpaired) electrons. The van der Waals surface area contributed by atoms with Gasteiger partial charge in [0.15, 0.2) is 0 Å². The highest BCUT2D eigenvalue weighted by atomic mass is 19.1. The van der Waals surface area contributed by atoms with Gasteiger partial charge in [-0.05, 0) is 36.1 Å². The van der Waals surface area contributed by atoms with Crippen molar-refractivity contribution in [2.45, 2.75) is 25.4 Å². The third-order valence-electron chi connectivity index (χ3n) is 2.36. The Morgan fingerprint density at radius 1 is 1.33 bits per heavy atom. The van der Waals surface area contributed by atoms with Gasteiger partial charge in [0.1, 0.15) is 11.9 Å². The summed E-state index contributed by atoms with van der Waals surface area (Å²) in [5, 5.41) is 9.16. The van der Waals surface area contributed by atoms with Crippen LogP contribution in [-0.4, -0.2) is 11.3 Å². The molecule has 0 heterocycles.